The van der Waals surface area contributed by atoms with Crippen LogP contribution in [0, 0.1) is 6.92 Å². The molecule has 30 heavy (non-hydrogen) atoms. The fourth-order valence-electron chi connectivity index (χ4n) is 3.42. The van der Waals surface area contributed by atoms with Gasteiger partial charge < -0.3 is 15.1 Å². The molecule has 9 heteroatoms. The van der Waals surface area contributed by atoms with E-state index in [0.717, 1.165) is 42.8 Å². The Morgan fingerprint density at radius 2 is 1.93 bits per heavy atom. The van der Waals surface area contributed by atoms with E-state index in [1.165, 1.54) is 0 Å². The van der Waals surface area contributed by atoms with E-state index >= 15 is 0 Å². The number of likely N-dealkylation sites (N-methyl/N-ethyl adjacent to an activating group) is 1. The lowest BCUT2D eigenvalue weighted by Crippen LogP contribution is -2.48. The van der Waals surface area contributed by atoms with E-state index < -0.39 is 0 Å². The topological polar surface area (TPSA) is 83.4 Å². The molecular formula is C21H23BrN6O2. The molecule has 8 nitrogen and oxygen atoms in total. The van der Waals surface area contributed by atoms with Crippen molar-refractivity contribution in [1.29, 1.82) is 0 Å². The molecule has 0 bridgehead atoms. The number of nitrogens with zero attached hydrogens (tertiary/aromatic N) is 5. The van der Waals surface area contributed by atoms with Gasteiger partial charge in [-0.15, -0.1) is 0 Å². The molecule has 3 aromatic rings. The highest BCUT2D eigenvalue weighted by molar-refractivity contribution is 9.10. The van der Waals surface area contributed by atoms with Crippen molar-refractivity contribution in [3.8, 4) is 0 Å². The van der Waals surface area contributed by atoms with E-state index in [0.29, 0.717) is 15.9 Å². The van der Waals surface area contributed by atoms with Gasteiger partial charge in [-0.2, -0.15) is 5.10 Å². The summed E-state index contributed by atoms with van der Waals surface area (Å²) in [6.07, 6.45) is 1.83. The maximum absolute atomic E-state index is 12.6. The monoisotopic (exact) mass is 470 g/mol. The van der Waals surface area contributed by atoms with Gasteiger partial charge in [0, 0.05) is 47.9 Å². The molecule has 156 valence electrons. The molecule has 1 aliphatic heterocycles. The summed E-state index contributed by atoms with van der Waals surface area (Å²) in [6.45, 7) is 5.30. The summed E-state index contributed by atoms with van der Waals surface area (Å²) in [5, 5.41) is 8.25. The van der Waals surface area contributed by atoms with E-state index in [9.17, 15) is 9.59 Å². The minimum absolute atomic E-state index is 0.0639. The van der Waals surface area contributed by atoms with Crippen LogP contribution in [0.25, 0.3) is 10.9 Å². The Kier molecular flexibility index (Phi) is 5.83. The third kappa shape index (κ3) is 4.52. The van der Waals surface area contributed by atoms with Gasteiger partial charge in [-0.1, -0.05) is 6.07 Å². The number of benzene rings is 1. The van der Waals surface area contributed by atoms with E-state index in [1.54, 1.807) is 16.8 Å². The van der Waals surface area contributed by atoms with Gasteiger partial charge in [0.2, 0.25) is 5.91 Å². The quantitative estimate of drug-likeness (QED) is 0.633. The molecule has 0 saturated carbocycles. The lowest BCUT2D eigenvalue weighted by atomic mass is 10.2. The molecule has 0 unspecified atom stereocenters. The zero-order valence-corrected chi connectivity index (χ0v) is 18.5. The maximum Gasteiger partial charge on any atom is 0.274 e. The summed E-state index contributed by atoms with van der Waals surface area (Å²) in [5.74, 6) is -0.217. The van der Waals surface area contributed by atoms with Crippen molar-refractivity contribution in [3.63, 3.8) is 0 Å². The Hall–Kier alpha value is -2.78. The molecule has 0 radical (unpaired) electrons. The van der Waals surface area contributed by atoms with Crippen molar-refractivity contribution < 1.29 is 9.59 Å². The Labute approximate surface area is 183 Å². The van der Waals surface area contributed by atoms with Gasteiger partial charge in [-0.3, -0.25) is 14.3 Å². The molecule has 1 saturated heterocycles. The molecular weight excluding hydrogens is 448 g/mol. The van der Waals surface area contributed by atoms with Crippen LogP contribution in [0.1, 0.15) is 16.2 Å². The highest BCUT2D eigenvalue weighted by Crippen LogP contribution is 2.28. The van der Waals surface area contributed by atoms with Crippen LogP contribution in [0.2, 0.25) is 0 Å². The van der Waals surface area contributed by atoms with Gasteiger partial charge >= 0.3 is 0 Å². The van der Waals surface area contributed by atoms with Crippen LogP contribution in [0.4, 0.5) is 5.69 Å². The molecule has 3 heterocycles. The van der Waals surface area contributed by atoms with Crippen LogP contribution in [0.3, 0.4) is 0 Å². The normalized spacial score (nSPS) is 14.8. The Morgan fingerprint density at radius 3 is 2.67 bits per heavy atom. The van der Waals surface area contributed by atoms with Gasteiger partial charge in [-0.25, -0.2) is 4.98 Å². The third-order valence-corrected chi connectivity index (χ3v) is 5.82. The largest absolute Gasteiger partial charge is 0.339 e. The molecule has 0 aliphatic carbocycles. The van der Waals surface area contributed by atoms with Crippen molar-refractivity contribution in [2.24, 2.45) is 0 Å². The van der Waals surface area contributed by atoms with Gasteiger partial charge in [0.1, 0.15) is 12.2 Å². The number of fused-ring (bicyclic) bond motifs is 1. The first kappa shape index (κ1) is 20.5. The SMILES string of the molecule is Cc1cccc(C(=O)Nc2cc3cn(CC(=O)N4CCN(C)CC4)nc3cc2Br)n1. The van der Waals surface area contributed by atoms with Crippen molar-refractivity contribution in [2.75, 3.05) is 38.5 Å². The number of halogens is 1. The van der Waals surface area contributed by atoms with Crippen LogP contribution in [0.15, 0.2) is 41.0 Å². The second-order valence-electron chi connectivity index (χ2n) is 7.52. The number of pyridine rings is 1. The summed E-state index contributed by atoms with van der Waals surface area (Å²) in [5.41, 5.74) is 2.51. The number of hydrogen-bond donors (Lipinski definition) is 1. The van der Waals surface area contributed by atoms with Crippen molar-refractivity contribution in [2.45, 2.75) is 13.5 Å². The zero-order chi connectivity index (χ0) is 21.3. The smallest absolute Gasteiger partial charge is 0.274 e. The van der Waals surface area contributed by atoms with Crippen molar-refractivity contribution in [3.05, 3.63) is 52.4 Å². The lowest BCUT2D eigenvalue weighted by molar-refractivity contribution is -0.133. The molecule has 1 aromatic carbocycles. The number of amides is 2. The number of rotatable bonds is 4. The second-order valence-corrected chi connectivity index (χ2v) is 8.37. The summed E-state index contributed by atoms with van der Waals surface area (Å²) in [7, 11) is 2.06. The first-order valence-electron chi connectivity index (χ1n) is 9.77. The molecule has 1 aliphatic rings. The van der Waals surface area contributed by atoms with Crippen LogP contribution >= 0.6 is 15.9 Å². The second kappa shape index (κ2) is 8.53. The van der Waals surface area contributed by atoms with Crippen molar-refractivity contribution in [1.82, 2.24) is 24.6 Å². The van der Waals surface area contributed by atoms with Gasteiger partial charge in [0.15, 0.2) is 0 Å². The molecule has 0 spiro atoms. The number of hydrogen-bond acceptors (Lipinski definition) is 5. The number of carbonyl (C=O) groups excluding carboxylic acids is 2. The van der Waals surface area contributed by atoms with Crippen molar-refractivity contribution >= 4 is 44.3 Å². The number of aryl methyl sites for hydroxylation is 1. The van der Waals surface area contributed by atoms with E-state index in [2.05, 4.69) is 43.3 Å². The highest BCUT2D eigenvalue weighted by atomic mass is 79.9. The molecule has 2 aromatic heterocycles. The van der Waals surface area contributed by atoms with E-state index in [1.807, 2.05) is 36.2 Å². The van der Waals surface area contributed by atoms with Crippen LogP contribution in [-0.2, 0) is 11.3 Å². The highest BCUT2D eigenvalue weighted by Gasteiger charge is 2.20. The lowest BCUT2D eigenvalue weighted by Gasteiger charge is -2.32. The average molecular weight is 471 g/mol. The third-order valence-electron chi connectivity index (χ3n) is 5.16. The molecule has 2 amide bonds. The Morgan fingerprint density at radius 1 is 1.17 bits per heavy atom. The number of nitrogens with one attached hydrogen (secondary N) is 1. The molecule has 1 fully saturated rings. The number of carbonyl (C=O) groups is 2. The minimum Gasteiger partial charge on any atom is -0.339 e. The van der Waals surface area contributed by atoms with Crippen LogP contribution < -0.4 is 5.32 Å². The van der Waals surface area contributed by atoms with Crippen LogP contribution in [0.5, 0.6) is 0 Å². The minimum atomic E-state index is -0.281. The Bertz CT molecular complexity index is 1100. The fraction of sp³-hybridized carbons (Fsp3) is 0.333. The van der Waals surface area contributed by atoms with E-state index in [-0.39, 0.29) is 18.4 Å². The summed E-state index contributed by atoms with van der Waals surface area (Å²) < 4.78 is 2.37. The summed E-state index contributed by atoms with van der Waals surface area (Å²) in [4.78, 5) is 33.5. The standard InChI is InChI=1S/C21H23BrN6O2/c1-14-4-3-5-17(23-14)21(30)24-19-10-15-12-28(25-18(15)11-16(19)22)13-20(29)27-8-6-26(2)7-9-27/h3-5,10-12H,6-9,13H2,1-2H3,(H,24,30). The first-order chi connectivity index (χ1) is 14.4. The van der Waals surface area contributed by atoms with Gasteiger partial charge in [-0.05, 0) is 54.2 Å². The maximum atomic E-state index is 12.6. The van der Waals surface area contributed by atoms with E-state index in [4.69, 9.17) is 0 Å². The average Bonchev–Trinajstić information content (AvgIpc) is 3.09. The van der Waals surface area contributed by atoms with Gasteiger partial charge in [0.25, 0.3) is 5.91 Å². The predicted octanol–water partition coefficient (Wildman–Crippen LogP) is 2.53. The van der Waals surface area contributed by atoms with Crippen LogP contribution in [-0.4, -0.2) is 69.6 Å². The number of aromatic nitrogens is 3. The fourth-order valence-corrected chi connectivity index (χ4v) is 3.85. The summed E-state index contributed by atoms with van der Waals surface area (Å²) >= 11 is 3.50. The Balaban J connectivity index is 1.50. The van der Waals surface area contributed by atoms with Gasteiger partial charge in [0.05, 0.1) is 11.2 Å². The summed E-state index contributed by atoms with van der Waals surface area (Å²) in [6, 6.07) is 9.01. The molecule has 4 rings (SSSR count). The zero-order valence-electron chi connectivity index (χ0n) is 16.9. The predicted molar refractivity (Wildman–Crippen MR) is 118 cm³/mol. The molecule has 1 N–H and O–H groups in total. The molecule has 0 atom stereocenters. The number of anilines is 1. The number of piperazine rings is 1. The first-order valence-corrected chi connectivity index (χ1v) is 10.6.